The highest BCUT2D eigenvalue weighted by atomic mass is 32.1. The molecule has 372 valence electrons. The second kappa shape index (κ2) is 22.0. The van der Waals surface area contributed by atoms with E-state index in [2.05, 4.69) is 266 Å². The van der Waals surface area contributed by atoms with E-state index in [0.29, 0.717) is 0 Å². The zero-order chi connectivity index (χ0) is 52.1. The summed E-state index contributed by atoms with van der Waals surface area (Å²) in [5.41, 5.74) is 18.5. The molecule has 3 nitrogen and oxygen atoms in total. The molecule has 0 saturated heterocycles. The molecule has 0 amide bonds. The van der Waals surface area contributed by atoms with Crippen molar-refractivity contribution in [3.05, 3.63) is 259 Å². The van der Waals surface area contributed by atoms with Crippen molar-refractivity contribution < 1.29 is 4.42 Å². The minimum atomic E-state index is 0.882. The Kier molecular flexibility index (Phi) is 14.3. The number of allylic oxidation sites excluding steroid dienone is 4. The highest BCUT2D eigenvalue weighted by Crippen LogP contribution is 2.47. The summed E-state index contributed by atoms with van der Waals surface area (Å²) in [6.07, 6.45) is 8.81. The van der Waals surface area contributed by atoms with E-state index in [1.165, 1.54) is 69.9 Å². The van der Waals surface area contributed by atoms with Crippen molar-refractivity contribution in [2.75, 3.05) is 4.90 Å². The molecule has 0 fully saturated rings. The molecule has 0 saturated carbocycles. The number of rotatable bonds is 7. The summed E-state index contributed by atoms with van der Waals surface area (Å²) in [6.45, 7) is 12.2. The Hall–Kier alpha value is -8.70. The van der Waals surface area contributed by atoms with Crippen LogP contribution in [0.1, 0.15) is 57.2 Å². The zero-order valence-corrected chi connectivity index (χ0v) is 45.0. The van der Waals surface area contributed by atoms with Crippen molar-refractivity contribution in [3.8, 4) is 27.9 Å². The van der Waals surface area contributed by atoms with Gasteiger partial charge in [0.05, 0.1) is 16.4 Å². The molecule has 1 aliphatic carbocycles. The Morgan fingerprint density at radius 3 is 1.67 bits per heavy atom. The SMILES string of the molecule is C1=CCCC(c2ccc(N(c3ccc(-c4ccccc4)cc3)c3ccc(-c4cc5c6ccccc6n(-c6ccc7sc8ccccc8c7c6)c5c5c4oc4ccccc45)cc3)cc2)=C1.CC.CC.Cc1ccccc1C. The molecule has 14 rings (SSSR count). The maximum Gasteiger partial charge on any atom is 0.145 e. The van der Waals surface area contributed by atoms with Crippen LogP contribution in [-0.4, -0.2) is 4.57 Å². The van der Waals surface area contributed by atoms with E-state index in [0.717, 1.165) is 74.2 Å². The van der Waals surface area contributed by atoms with Gasteiger partial charge in [-0.25, -0.2) is 0 Å². The largest absolute Gasteiger partial charge is 0.455 e. The van der Waals surface area contributed by atoms with Crippen LogP contribution in [0, 0.1) is 13.8 Å². The lowest BCUT2D eigenvalue weighted by molar-refractivity contribution is 0.670. The molecule has 0 aliphatic heterocycles. The third kappa shape index (κ3) is 9.31. The summed E-state index contributed by atoms with van der Waals surface area (Å²) in [5.74, 6) is 0. The van der Waals surface area contributed by atoms with E-state index < -0.39 is 0 Å². The molecule has 4 heteroatoms. The Bertz CT molecular complexity index is 4190. The van der Waals surface area contributed by atoms with Gasteiger partial charge in [-0.2, -0.15) is 0 Å². The predicted molar refractivity (Wildman–Crippen MR) is 331 cm³/mol. The normalized spacial score (nSPS) is 12.0. The first-order valence-corrected chi connectivity index (χ1v) is 27.7. The average Bonchev–Trinajstić information content (AvgIpc) is 4.19. The number of thiophene rings is 1. The number of nitrogens with zero attached hydrogens (tertiary/aromatic N) is 2. The number of fused-ring (bicyclic) bond motifs is 10. The third-order valence-electron chi connectivity index (χ3n) is 14.5. The van der Waals surface area contributed by atoms with Crippen LogP contribution in [0.15, 0.2) is 247 Å². The van der Waals surface area contributed by atoms with Gasteiger partial charge >= 0.3 is 0 Å². The van der Waals surface area contributed by atoms with Crippen LogP contribution < -0.4 is 4.90 Å². The highest BCUT2D eigenvalue weighted by Gasteiger charge is 2.24. The average molecular weight is 1000 g/mol. The summed E-state index contributed by atoms with van der Waals surface area (Å²) >= 11 is 1.85. The molecule has 1 aliphatic rings. The minimum absolute atomic E-state index is 0.882. The van der Waals surface area contributed by atoms with Gasteiger partial charge in [0.1, 0.15) is 11.2 Å². The van der Waals surface area contributed by atoms with Crippen LogP contribution in [0.5, 0.6) is 0 Å². The predicted octanol–water partition coefficient (Wildman–Crippen LogP) is 21.9. The van der Waals surface area contributed by atoms with Crippen LogP contribution in [0.25, 0.3) is 97.4 Å². The summed E-state index contributed by atoms with van der Waals surface area (Å²) in [4.78, 5) is 2.36. The Balaban J connectivity index is 0.000000464. The fourth-order valence-corrected chi connectivity index (χ4v) is 11.8. The first-order valence-electron chi connectivity index (χ1n) is 26.9. The molecular formula is C72H62N2OS. The fraction of sp³-hybridized carbons (Fsp3) is 0.111. The molecule has 0 unspecified atom stereocenters. The summed E-state index contributed by atoms with van der Waals surface area (Å²) in [7, 11) is 0. The number of benzene rings is 10. The van der Waals surface area contributed by atoms with Gasteiger partial charge in [-0.15, -0.1) is 11.3 Å². The maximum atomic E-state index is 6.94. The van der Waals surface area contributed by atoms with Gasteiger partial charge in [0.15, 0.2) is 0 Å². The van der Waals surface area contributed by atoms with Crippen molar-refractivity contribution in [2.45, 2.75) is 54.4 Å². The first-order chi connectivity index (χ1) is 37.5. The number of hydrogen-bond acceptors (Lipinski definition) is 3. The maximum absolute atomic E-state index is 6.94. The summed E-state index contributed by atoms with van der Waals surface area (Å²) in [6, 6.07) is 81.3. The van der Waals surface area contributed by atoms with Gasteiger partial charge in [0.2, 0.25) is 0 Å². The molecule has 10 aromatic carbocycles. The van der Waals surface area contributed by atoms with Crippen molar-refractivity contribution in [1.82, 2.24) is 4.57 Å². The molecule has 0 N–H and O–H groups in total. The van der Waals surface area contributed by atoms with Crippen molar-refractivity contribution in [1.29, 1.82) is 0 Å². The van der Waals surface area contributed by atoms with Gasteiger partial charge < -0.3 is 13.9 Å². The quantitative estimate of drug-likeness (QED) is 0.159. The van der Waals surface area contributed by atoms with Gasteiger partial charge in [0, 0.05) is 64.6 Å². The smallest absolute Gasteiger partial charge is 0.145 e. The Labute approximate surface area is 450 Å². The van der Waals surface area contributed by atoms with E-state index in [4.69, 9.17) is 4.42 Å². The van der Waals surface area contributed by atoms with Gasteiger partial charge in [-0.3, -0.25) is 0 Å². The number of aromatic nitrogens is 1. The topological polar surface area (TPSA) is 21.3 Å². The molecular weight excluding hydrogens is 941 g/mol. The second-order valence-corrected chi connectivity index (χ2v) is 19.9. The van der Waals surface area contributed by atoms with Crippen molar-refractivity contribution in [3.63, 3.8) is 0 Å². The van der Waals surface area contributed by atoms with Gasteiger partial charge in [-0.05, 0) is 145 Å². The van der Waals surface area contributed by atoms with E-state index in [9.17, 15) is 0 Å². The minimum Gasteiger partial charge on any atom is -0.455 e. The van der Waals surface area contributed by atoms with E-state index in [1.54, 1.807) is 0 Å². The van der Waals surface area contributed by atoms with Gasteiger partial charge in [-0.1, -0.05) is 192 Å². The monoisotopic (exact) mass is 1000 g/mol. The Morgan fingerprint density at radius 2 is 1.01 bits per heavy atom. The van der Waals surface area contributed by atoms with Crippen LogP contribution in [-0.2, 0) is 0 Å². The summed E-state index contributed by atoms with van der Waals surface area (Å²) in [5, 5.41) is 7.23. The Morgan fingerprint density at radius 1 is 0.461 bits per heavy atom. The van der Waals surface area contributed by atoms with Crippen LogP contribution in [0.4, 0.5) is 17.1 Å². The lowest BCUT2D eigenvalue weighted by atomic mass is 9.97. The lowest BCUT2D eigenvalue weighted by Gasteiger charge is -2.26. The van der Waals surface area contributed by atoms with Crippen molar-refractivity contribution in [2.24, 2.45) is 0 Å². The third-order valence-corrected chi connectivity index (χ3v) is 15.7. The van der Waals surface area contributed by atoms with Crippen LogP contribution >= 0.6 is 11.3 Å². The number of aryl methyl sites for hydroxylation is 2. The highest BCUT2D eigenvalue weighted by molar-refractivity contribution is 7.25. The van der Waals surface area contributed by atoms with E-state index in [1.807, 2.05) is 39.0 Å². The molecule has 0 atom stereocenters. The van der Waals surface area contributed by atoms with Crippen LogP contribution in [0.3, 0.4) is 0 Å². The van der Waals surface area contributed by atoms with Gasteiger partial charge in [0.25, 0.3) is 0 Å². The van der Waals surface area contributed by atoms with Crippen LogP contribution in [0.2, 0.25) is 0 Å². The zero-order valence-electron chi connectivity index (χ0n) is 44.2. The van der Waals surface area contributed by atoms with Crippen molar-refractivity contribution >= 4 is 97.9 Å². The first kappa shape index (κ1) is 49.5. The number of hydrogen-bond donors (Lipinski definition) is 0. The lowest BCUT2D eigenvalue weighted by Crippen LogP contribution is -2.10. The molecule has 0 spiro atoms. The number of furan rings is 1. The number of anilines is 3. The molecule has 13 aromatic rings. The molecule has 3 heterocycles. The second-order valence-electron chi connectivity index (χ2n) is 18.8. The molecule has 3 aromatic heterocycles. The fourth-order valence-electron chi connectivity index (χ4n) is 10.7. The van der Waals surface area contributed by atoms with E-state index >= 15 is 0 Å². The van der Waals surface area contributed by atoms with E-state index in [-0.39, 0.29) is 0 Å². The standard InChI is InChI=1S/C60H40N2OS.C8H10.2C2H6/c1-3-13-39(14-4-1)41-23-29-44(30-24-41)61(45-31-25-42(26-32-45)40-15-5-2-6-16-40)46-33-27-43(28-34-46)51-38-53-48-17-7-10-20-54(48)62(59(53)58-50-19-8-11-21-55(50)63-60(51)58)47-35-36-57-52(37-47)49-18-9-12-22-56(49)64-57;1-7-5-3-4-6-8(7)2;2*1-2/h1-5,7-15,17-38H,6,16H2;3-6H,1-2H3;2*1-2H3. The molecule has 0 radical (unpaired) electrons. The molecule has 76 heavy (non-hydrogen) atoms. The summed E-state index contributed by atoms with van der Waals surface area (Å²) < 4.78 is 12.0. The molecule has 0 bridgehead atoms. The number of para-hydroxylation sites is 2.